The van der Waals surface area contributed by atoms with Crippen molar-refractivity contribution >= 4 is 23.1 Å². The van der Waals surface area contributed by atoms with Crippen LogP contribution in [0, 0.1) is 11.3 Å². The van der Waals surface area contributed by atoms with Crippen molar-refractivity contribution in [2.24, 2.45) is 17.1 Å². The number of hydrogen-bond donors (Lipinski definition) is 1. The highest BCUT2D eigenvalue weighted by Gasteiger charge is 2.55. The van der Waals surface area contributed by atoms with E-state index in [1.807, 2.05) is 4.90 Å². The Kier molecular flexibility index (Phi) is 3.17. The predicted octanol–water partition coefficient (Wildman–Crippen LogP) is 0.548. The summed E-state index contributed by atoms with van der Waals surface area (Å²) in [6.07, 6.45) is 2.67. The minimum absolute atomic E-state index is 0.138. The second kappa shape index (κ2) is 4.30. The molecule has 0 bridgehead atoms. The molecular formula is C11H18N2O2S. The molecule has 1 aliphatic heterocycles. The molecule has 2 aliphatic rings. The fraction of sp³-hybridized carbons (Fsp3) is 0.818. The fourth-order valence-electron chi connectivity index (χ4n) is 2.38. The number of ether oxygens (including phenoxy) is 1. The maximum atomic E-state index is 12.2. The van der Waals surface area contributed by atoms with Crippen molar-refractivity contribution in [1.82, 2.24) is 4.90 Å². The maximum absolute atomic E-state index is 12.2. The molecule has 0 aromatic carbocycles. The van der Waals surface area contributed by atoms with Crippen molar-refractivity contribution in [2.75, 3.05) is 26.8 Å². The number of methoxy groups -OCH3 is 1. The molecule has 2 rings (SSSR count). The van der Waals surface area contributed by atoms with Gasteiger partial charge in [0, 0.05) is 26.1 Å². The molecule has 1 unspecified atom stereocenters. The van der Waals surface area contributed by atoms with E-state index in [9.17, 15) is 4.79 Å². The van der Waals surface area contributed by atoms with Crippen molar-refractivity contribution in [3.63, 3.8) is 0 Å². The lowest BCUT2D eigenvalue weighted by molar-refractivity contribution is -0.133. The number of nitrogens with zero attached hydrogens (tertiary/aromatic N) is 1. The van der Waals surface area contributed by atoms with Gasteiger partial charge in [-0.25, -0.2) is 0 Å². The Morgan fingerprint density at radius 1 is 1.62 bits per heavy atom. The summed E-state index contributed by atoms with van der Waals surface area (Å²) in [7, 11) is 1.70. The summed E-state index contributed by atoms with van der Waals surface area (Å²) in [5.74, 6) is 0.606. The van der Waals surface area contributed by atoms with Crippen LogP contribution in [0.4, 0.5) is 0 Å². The van der Waals surface area contributed by atoms with Crippen LogP contribution in [0.15, 0.2) is 0 Å². The largest absolute Gasteiger partial charge is 0.392 e. The summed E-state index contributed by atoms with van der Waals surface area (Å²) in [5.41, 5.74) is 5.17. The Bertz CT molecular complexity index is 315. The molecule has 1 aliphatic carbocycles. The van der Waals surface area contributed by atoms with Gasteiger partial charge in [0.2, 0.25) is 5.91 Å². The van der Waals surface area contributed by atoms with Crippen LogP contribution < -0.4 is 5.73 Å². The number of carbonyl (C=O) groups excluding carboxylic acids is 1. The minimum atomic E-state index is -0.489. The molecule has 1 heterocycles. The second-order valence-corrected chi connectivity index (χ2v) is 5.25. The lowest BCUT2D eigenvalue weighted by atomic mass is 10.1. The van der Waals surface area contributed by atoms with E-state index in [1.165, 1.54) is 0 Å². The standard InChI is InChI=1S/C11H18N2O2S/c1-15-7-8-2-5-13(6-8)10(14)11(3-4-11)9(12)16/h8H,2-7H2,1H3,(H2,12,16). The summed E-state index contributed by atoms with van der Waals surface area (Å²) in [6, 6.07) is 0. The van der Waals surface area contributed by atoms with E-state index in [4.69, 9.17) is 22.7 Å². The average molecular weight is 242 g/mol. The Balaban J connectivity index is 1.95. The second-order valence-electron chi connectivity index (χ2n) is 4.81. The summed E-state index contributed by atoms with van der Waals surface area (Å²) < 4.78 is 5.11. The van der Waals surface area contributed by atoms with E-state index in [0.29, 0.717) is 10.9 Å². The van der Waals surface area contributed by atoms with Crippen LogP contribution >= 0.6 is 12.2 Å². The van der Waals surface area contributed by atoms with Crippen LogP contribution in [0.3, 0.4) is 0 Å². The first kappa shape index (κ1) is 11.8. The molecule has 1 saturated heterocycles. The highest BCUT2D eigenvalue weighted by atomic mass is 32.1. The normalized spacial score (nSPS) is 26.8. The molecule has 1 amide bonds. The molecule has 0 spiro atoms. The summed E-state index contributed by atoms with van der Waals surface area (Å²) >= 11 is 4.99. The van der Waals surface area contributed by atoms with Gasteiger partial charge in [-0.15, -0.1) is 0 Å². The van der Waals surface area contributed by atoms with E-state index in [-0.39, 0.29) is 5.91 Å². The van der Waals surface area contributed by atoms with Gasteiger partial charge in [0.15, 0.2) is 0 Å². The molecule has 4 nitrogen and oxygen atoms in total. The number of likely N-dealkylation sites (tertiary alicyclic amines) is 1. The lowest BCUT2D eigenvalue weighted by Gasteiger charge is -2.22. The van der Waals surface area contributed by atoms with Gasteiger partial charge in [-0.1, -0.05) is 12.2 Å². The number of thiocarbonyl (C=S) groups is 1. The predicted molar refractivity (Wildman–Crippen MR) is 65.0 cm³/mol. The van der Waals surface area contributed by atoms with Crippen LogP contribution in [0.2, 0.25) is 0 Å². The molecule has 90 valence electrons. The first-order chi connectivity index (χ1) is 7.60. The zero-order valence-electron chi connectivity index (χ0n) is 9.57. The van der Waals surface area contributed by atoms with Gasteiger partial charge in [0.25, 0.3) is 0 Å². The topological polar surface area (TPSA) is 55.6 Å². The summed E-state index contributed by atoms with van der Waals surface area (Å²) in [6.45, 7) is 2.33. The molecule has 16 heavy (non-hydrogen) atoms. The minimum Gasteiger partial charge on any atom is -0.392 e. The Morgan fingerprint density at radius 3 is 2.81 bits per heavy atom. The first-order valence-corrected chi connectivity index (χ1v) is 6.09. The molecule has 0 aromatic heterocycles. The van der Waals surface area contributed by atoms with Crippen LogP contribution in [-0.2, 0) is 9.53 Å². The van der Waals surface area contributed by atoms with E-state index in [1.54, 1.807) is 7.11 Å². The number of rotatable bonds is 4. The molecule has 1 atom stereocenters. The van der Waals surface area contributed by atoms with Gasteiger partial charge in [0.05, 0.1) is 17.0 Å². The molecule has 0 radical (unpaired) electrons. The first-order valence-electron chi connectivity index (χ1n) is 5.68. The third kappa shape index (κ3) is 1.94. The van der Waals surface area contributed by atoms with Crippen molar-refractivity contribution in [2.45, 2.75) is 19.3 Å². The van der Waals surface area contributed by atoms with Crippen molar-refractivity contribution in [3.05, 3.63) is 0 Å². The quantitative estimate of drug-likeness (QED) is 0.731. The third-order valence-electron chi connectivity index (χ3n) is 3.61. The highest BCUT2D eigenvalue weighted by molar-refractivity contribution is 7.80. The molecular weight excluding hydrogens is 224 g/mol. The van der Waals surface area contributed by atoms with Crippen LogP contribution in [0.5, 0.6) is 0 Å². The lowest BCUT2D eigenvalue weighted by Crippen LogP contribution is -2.41. The Labute approximate surface area is 101 Å². The monoisotopic (exact) mass is 242 g/mol. The maximum Gasteiger partial charge on any atom is 0.235 e. The van der Waals surface area contributed by atoms with Crippen LogP contribution in [-0.4, -0.2) is 42.6 Å². The number of hydrogen-bond acceptors (Lipinski definition) is 3. The van der Waals surface area contributed by atoms with E-state index < -0.39 is 5.41 Å². The smallest absolute Gasteiger partial charge is 0.235 e. The Hall–Kier alpha value is -0.680. The molecule has 0 aromatic rings. The van der Waals surface area contributed by atoms with Gasteiger partial charge < -0.3 is 15.4 Å². The van der Waals surface area contributed by atoms with E-state index in [0.717, 1.165) is 39.0 Å². The van der Waals surface area contributed by atoms with E-state index in [2.05, 4.69) is 0 Å². The summed E-state index contributed by atoms with van der Waals surface area (Å²) in [4.78, 5) is 14.5. The molecule has 5 heteroatoms. The van der Waals surface area contributed by atoms with Crippen LogP contribution in [0.1, 0.15) is 19.3 Å². The summed E-state index contributed by atoms with van der Waals surface area (Å²) in [5, 5.41) is 0. The van der Waals surface area contributed by atoms with Gasteiger partial charge in [-0.2, -0.15) is 0 Å². The van der Waals surface area contributed by atoms with Crippen molar-refractivity contribution in [1.29, 1.82) is 0 Å². The average Bonchev–Trinajstić information content (AvgIpc) is 2.94. The molecule has 2 N–H and O–H groups in total. The Morgan fingerprint density at radius 2 is 2.31 bits per heavy atom. The van der Waals surface area contributed by atoms with Crippen LogP contribution in [0.25, 0.3) is 0 Å². The SMILES string of the molecule is COCC1CCN(C(=O)C2(C(N)=S)CC2)C1. The van der Waals surface area contributed by atoms with Gasteiger partial charge >= 0.3 is 0 Å². The number of carbonyl (C=O) groups is 1. The number of amides is 1. The van der Waals surface area contributed by atoms with Gasteiger partial charge in [0.1, 0.15) is 0 Å². The van der Waals surface area contributed by atoms with E-state index >= 15 is 0 Å². The molecule has 1 saturated carbocycles. The van der Waals surface area contributed by atoms with Gasteiger partial charge in [-0.3, -0.25) is 4.79 Å². The van der Waals surface area contributed by atoms with Gasteiger partial charge in [-0.05, 0) is 19.3 Å². The number of nitrogens with two attached hydrogens (primary N) is 1. The third-order valence-corrected chi connectivity index (χ3v) is 4.00. The van der Waals surface area contributed by atoms with Crippen molar-refractivity contribution in [3.8, 4) is 0 Å². The molecule has 2 fully saturated rings. The fourth-order valence-corrected chi connectivity index (χ4v) is 2.67. The van der Waals surface area contributed by atoms with Crippen molar-refractivity contribution < 1.29 is 9.53 Å². The zero-order valence-corrected chi connectivity index (χ0v) is 10.4. The highest BCUT2D eigenvalue weighted by Crippen LogP contribution is 2.48. The zero-order chi connectivity index (χ0) is 11.8.